The van der Waals surface area contributed by atoms with Crippen LogP contribution in [0.3, 0.4) is 0 Å². The van der Waals surface area contributed by atoms with Crippen LogP contribution in [0.4, 0.5) is 0 Å². The summed E-state index contributed by atoms with van der Waals surface area (Å²) in [7, 11) is 0. The van der Waals surface area contributed by atoms with Crippen LogP contribution in [0.2, 0.25) is 0 Å². The Morgan fingerprint density at radius 2 is 2.15 bits per heavy atom. The van der Waals surface area contributed by atoms with Crippen LogP contribution in [0.25, 0.3) is 0 Å². The van der Waals surface area contributed by atoms with Crippen molar-refractivity contribution in [3.05, 3.63) is 0 Å². The zero-order chi connectivity index (χ0) is 9.10. The van der Waals surface area contributed by atoms with Crippen LogP contribution < -0.4 is 0 Å². The average molecular weight is 182 g/mol. The van der Waals surface area contributed by atoms with Gasteiger partial charge >= 0.3 is 0 Å². The first-order valence-corrected chi connectivity index (χ1v) is 4.84. The number of nitrogens with zero attached hydrogens (tertiary/aromatic N) is 2. The Hall–Kier alpha value is -1.06. The third-order valence-electron chi connectivity index (χ3n) is 2.53. The molecule has 0 aromatic rings. The fourth-order valence-corrected chi connectivity index (χ4v) is 1.76. The summed E-state index contributed by atoms with van der Waals surface area (Å²) < 4.78 is 0. The van der Waals surface area contributed by atoms with E-state index in [0.29, 0.717) is 6.42 Å². The normalized spacial score (nSPS) is 27.4. The first-order valence-electron chi connectivity index (χ1n) is 4.84. The molecule has 0 aliphatic carbocycles. The van der Waals surface area contributed by atoms with Gasteiger partial charge in [0.1, 0.15) is 0 Å². The minimum Gasteiger partial charge on any atom is -0.382 e. The first-order chi connectivity index (χ1) is 6.38. The zero-order valence-corrected chi connectivity index (χ0v) is 7.61. The molecule has 0 spiro atoms. The predicted octanol–water partition coefficient (Wildman–Crippen LogP) is 0.774. The van der Waals surface area contributed by atoms with E-state index in [0.717, 1.165) is 25.9 Å². The Bertz CT molecular complexity index is 214. The third-order valence-corrected chi connectivity index (χ3v) is 2.53. The molecule has 4 nitrogen and oxygen atoms in total. The van der Waals surface area contributed by atoms with Crippen LogP contribution in [0.5, 0.6) is 0 Å². The molecule has 1 unspecified atom stereocenters. The van der Waals surface area contributed by atoms with Crippen molar-refractivity contribution in [1.29, 1.82) is 0 Å². The lowest BCUT2D eigenvalue weighted by molar-refractivity contribution is -0.143. The van der Waals surface area contributed by atoms with E-state index in [4.69, 9.17) is 4.84 Å². The molecule has 0 saturated carbocycles. The van der Waals surface area contributed by atoms with Crippen molar-refractivity contribution in [2.75, 3.05) is 13.1 Å². The Morgan fingerprint density at radius 3 is 2.77 bits per heavy atom. The van der Waals surface area contributed by atoms with E-state index in [-0.39, 0.29) is 12.0 Å². The zero-order valence-electron chi connectivity index (χ0n) is 7.61. The number of rotatable bonds is 1. The lowest BCUT2D eigenvalue weighted by Crippen LogP contribution is -2.41. The molecule has 0 N–H and O–H groups in total. The molecule has 2 heterocycles. The van der Waals surface area contributed by atoms with Crippen molar-refractivity contribution in [2.24, 2.45) is 5.16 Å². The lowest BCUT2D eigenvalue weighted by atomic mass is 10.1. The third kappa shape index (κ3) is 1.82. The van der Waals surface area contributed by atoms with Crippen molar-refractivity contribution >= 4 is 12.1 Å². The molecule has 2 aliphatic heterocycles. The van der Waals surface area contributed by atoms with Crippen molar-refractivity contribution in [3.63, 3.8) is 0 Å². The fourth-order valence-electron chi connectivity index (χ4n) is 1.76. The van der Waals surface area contributed by atoms with Crippen LogP contribution in [0, 0.1) is 0 Å². The molecule has 13 heavy (non-hydrogen) atoms. The number of carbonyl (C=O) groups excluding carboxylic acids is 1. The summed E-state index contributed by atoms with van der Waals surface area (Å²) in [6.45, 7) is 1.78. The molecular weight excluding hydrogens is 168 g/mol. The molecule has 72 valence electrons. The standard InChI is InChI=1S/C9H14N2O2/c12-9(8-4-5-10-13-8)11-6-2-1-3-7-11/h5,8H,1-4,6-7H2. The smallest absolute Gasteiger partial charge is 0.266 e. The maximum Gasteiger partial charge on any atom is 0.266 e. The van der Waals surface area contributed by atoms with Gasteiger partial charge in [0, 0.05) is 25.7 Å². The second-order valence-corrected chi connectivity index (χ2v) is 3.50. The van der Waals surface area contributed by atoms with Crippen LogP contribution >= 0.6 is 0 Å². The maximum absolute atomic E-state index is 11.7. The molecule has 0 bridgehead atoms. The van der Waals surface area contributed by atoms with E-state index in [1.807, 2.05) is 4.90 Å². The Balaban J connectivity index is 1.88. The van der Waals surface area contributed by atoms with E-state index in [1.54, 1.807) is 6.21 Å². The molecular formula is C9H14N2O2. The first kappa shape index (κ1) is 8.53. The SMILES string of the molecule is O=C(C1CC=NO1)N1CCCCC1. The summed E-state index contributed by atoms with van der Waals surface area (Å²) in [5.41, 5.74) is 0. The highest BCUT2D eigenvalue weighted by molar-refractivity contribution is 5.84. The molecule has 2 aliphatic rings. The molecule has 2 rings (SSSR count). The highest BCUT2D eigenvalue weighted by Gasteiger charge is 2.28. The van der Waals surface area contributed by atoms with E-state index in [9.17, 15) is 4.79 Å². The largest absolute Gasteiger partial charge is 0.382 e. The Labute approximate surface area is 77.5 Å². The quantitative estimate of drug-likeness (QED) is 0.601. The van der Waals surface area contributed by atoms with Crippen molar-refractivity contribution < 1.29 is 9.63 Å². The summed E-state index contributed by atoms with van der Waals surface area (Å²) in [6, 6.07) is 0. The summed E-state index contributed by atoms with van der Waals surface area (Å²) in [5, 5.41) is 3.61. The molecule has 1 fully saturated rings. The van der Waals surface area contributed by atoms with Crippen LogP contribution in [-0.2, 0) is 9.63 Å². The molecule has 0 aromatic carbocycles. The van der Waals surface area contributed by atoms with Crippen molar-refractivity contribution in [3.8, 4) is 0 Å². The Kier molecular flexibility index (Phi) is 2.47. The fraction of sp³-hybridized carbons (Fsp3) is 0.778. The minimum atomic E-state index is -0.335. The summed E-state index contributed by atoms with van der Waals surface area (Å²) in [4.78, 5) is 18.6. The highest BCUT2D eigenvalue weighted by Crippen LogP contribution is 2.14. The van der Waals surface area contributed by atoms with Gasteiger partial charge in [-0.05, 0) is 19.3 Å². The summed E-state index contributed by atoms with van der Waals surface area (Å²) in [5.74, 6) is 0.109. The van der Waals surface area contributed by atoms with Crippen molar-refractivity contribution in [2.45, 2.75) is 31.8 Å². The van der Waals surface area contributed by atoms with E-state index >= 15 is 0 Å². The molecule has 4 heteroatoms. The molecule has 1 saturated heterocycles. The topological polar surface area (TPSA) is 41.9 Å². The van der Waals surface area contributed by atoms with E-state index in [1.165, 1.54) is 6.42 Å². The summed E-state index contributed by atoms with van der Waals surface area (Å²) >= 11 is 0. The van der Waals surface area contributed by atoms with Gasteiger partial charge in [0.2, 0.25) is 6.10 Å². The van der Waals surface area contributed by atoms with Gasteiger partial charge in [0.25, 0.3) is 5.91 Å². The van der Waals surface area contributed by atoms with Gasteiger partial charge in [0.05, 0.1) is 0 Å². The van der Waals surface area contributed by atoms with Crippen LogP contribution in [0.15, 0.2) is 5.16 Å². The summed E-state index contributed by atoms with van der Waals surface area (Å²) in [6.07, 6.45) is 5.45. The van der Waals surface area contributed by atoms with E-state index < -0.39 is 0 Å². The number of likely N-dealkylation sites (tertiary alicyclic amines) is 1. The van der Waals surface area contributed by atoms with Gasteiger partial charge < -0.3 is 9.74 Å². The second kappa shape index (κ2) is 3.77. The van der Waals surface area contributed by atoms with Gasteiger partial charge in [-0.1, -0.05) is 5.16 Å². The molecule has 1 atom stereocenters. The second-order valence-electron chi connectivity index (χ2n) is 3.50. The number of oxime groups is 1. The maximum atomic E-state index is 11.7. The van der Waals surface area contributed by atoms with Gasteiger partial charge in [-0.25, -0.2) is 0 Å². The number of carbonyl (C=O) groups is 1. The molecule has 1 amide bonds. The monoisotopic (exact) mass is 182 g/mol. The van der Waals surface area contributed by atoms with Crippen LogP contribution in [-0.4, -0.2) is 36.2 Å². The van der Waals surface area contributed by atoms with Crippen LogP contribution in [0.1, 0.15) is 25.7 Å². The van der Waals surface area contributed by atoms with E-state index in [2.05, 4.69) is 5.16 Å². The number of amides is 1. The van der Waals surface area contributed by atoms with Crippen molar-refractivity contribution in [1.82, 2.24) is 4.90 Å². The lowest BCUT2D eigenvalue weighted by Gasteiger charge is -2.28. The van der Waals surface area contributed by atoms with Gasteiger partial charge in [-0.15, -0.1) is 0 Å². The number of hydrogen-bond donors (Lipinski definition) is 0. The van der Waals surface area contributed by atoms with Gasteiger partial charge in [-0.3, -0.25) is 4.79 Å². The Morgan fingerprint density at radius 1 is 1.38 bits per heavy atom. The highest BCUT2D eigenvalue weighted by atomic mass is 16.6. The number of hydrogen-bond acceptors (Lipinski definition) is 3. The predicted molar refractivity (Wildman–Crippen MR) is 48.4 cm³/mol. The van der Waals surface area contributed by atoms with Gasteiger partial charge in [0.15, 0.2) is 0 Å². The minimum absolute atomic E-state index is 0.109. The number of piperidine rings is 1. The molecule has 0 radical (unpaired) electrons. The van der Waals surface area contributed by atoms with Gasteiger partial charge in [-0.2, -0.15) is 0 Å². The average Bonchev–Trinajstić information content (AvgIpc) is 2.71. The molecule has 0 aromatic heterocycles.